The molecule has 70 heavy (non-hydrogen) atoms. The summed E-state index contributed by atoms with van der Waals surface area (Å²) >= 11 is 0. The molecule has 0 radical (unpaired) electrons. The van der Waals surface area contributed by atoms with Gasteiger partial charge in [-0.2, -0.15) is 0 Å². The van der Waals surface area contributed by atoms with E-state index < -0.39 is 23.6 Å². The van der Waals surface area contributed by atoms with Crippen molar-refractivity contribution in [3.8, 4) is 22.5 Å². The van der Waals surface area contributed by atoms with Crippen molar-refractivity contribution in [1.29, 1.82) is 0 Å². The van der Waals surface area contributed by atoms with E-state index in [1.165, 1.54) is 0 Å². The standard InChI is InChI=1S/C59H58N6O5/c1-2-3-36-55(66)64(54(57(67)69-43-46-23-9-4-10-24-46)35-21-22-41-60-58(68)70-44-47-25-11-5-12-26-47)42-45-37-39-48(40-38-45)52-33-19-20-34-53(52)56-61-62-63-65(56)59(49-27-13-6-14-28-49,50-29-15-7-16-30-50)51-31-17-8-18-32-51/h4-20,23-34,37-40,54H,2-3,21-22,35-36,41-44H2,1H3,(H,60,68). The molecule has 0 aliphatic rings. The number of unbranched alkanes of at least 4 members (excludes halogenated alkanes) is 2. The normalized spacial score (nSPS) is 11.6. The van der Waals surface area contributed by atoms with Gasteiger partial charge in [0, 0.05) is 25.1 Å². The molecule has 7 aromatic carbocycles. The molecule has 1 aromatic heterocycles. The van der Waals surface area contributed by atoms with Crippen LogP contribution in [-0.4, -0.2) is 55.7 Å². The lowest BCUT2D eigenvalue weighted by atomic mass is 9.77. The van der Waals surface area contributed by atoms with Crippen molar-refractivity contribution in [2.45, 2.75) is 76.8 Å². The SMILES string of the molecule is CCCCC(=O)N(Cc1ccc(-c2ccccc2-c2nnnn2C(c2ccccc2)(c2ccccc2)c2ccccc2)cc1)C(CCCCNC(=O)OCc1ccccc1)C(=O)OCc1ccccc1. The minimum absolute atomic E-state index is 0.0858. The molecule has 1 N–H and O–H groups in total. The highest BCUT2D eigenvalue weighted by atomic mass is 16.5. The Kier molecular flexibility index (Phi) is 16.7. The van der Waals surface area contributed by atoms with Gasteiger partial charge in [-0.25, -0.2) is 14.3 Å². The van der Waals surface area contributed by atoms with E-state index in [-0.39, 0.29) is 25.7 Å². The van der Waals surface area contributed by atoms with Gasteiger partial charge in [0.1, 0.15) is 24.8 Å². The van der Waals surface area contributed by atoms with E-state index in [4.69, 9.17) is 19.8 Å². The lowest BCUT2D eigenvalue weighted by Crippen LogP contribution is -2.45. The molecule has 11 heteroatoms. The Bertz CT molecular complexity index is 2780. The van der Waals surface area contributed by atoms with Gasteiger partial charge in [0.05, 0.1) is 0 Å². The molecule has 0 bridgehead atoms. The molecule has 8 aromatic rings. The molecule has 2 amide bonds. The number of amides is 2. The fourth-order valence-electron chi connectivity index (χ4n) is 8.90. The molecule has 0 fully saturated rings. The molecule has 1 heterocycles. The first kappa shape index (κ1) is 48.3. The quantitative estimate of drug-likeness (QED) is 0.0404. The largest absolute Gasteiger partial charge is 0.459 e. The van der Waals surface area contributed by atoms with Crippen LogP contribution < -0.4 is 5.32 Å². The maximum absolute atomic E-state index is 14.2. The summed E-state index contributed by atoms with van der Waals surface area (Å²) in [5.74, 6) is -0.00374. The van der Waals surface area contributed by atoms with Gasteiger partial charge < -0.3 is 19.7 Å². The van der Waals surface area contributed by atoms with Crippen LogP contribution in [0.1, 0.15) is 78.8 Å². The lowest BCUT2D eigenvalue weighted by Gasteiger charge is -2.36. The third-order valence-corrected chi connectivity index (χ3v) is 12.5. The molecular weight excluding hydrogens is 873 g/mol. The Morgan fingerprint density at radius 1 is 0.586 bits per heavy atom. The smallest absolute Gasteiger partial charge is 0.407 e. The van der Waals surface area contributed by atoms with Gasteiger partial charge >= 0.3 is 12.1 Å². The summed E-state index contributed by atoms with van der Waals surface area (Å²) in [7, 11) is 0. The first-order valence-corrected chi connectivity index (χ1v) is 24.0. The number of rotatable bonds is 22. The van der Waals surface area contributed by atoms with E-state index in [2.05, 4.69) is 53.0 Å². The zero-order valence-corrected chi connectivity index (χ0v) is 39.5. The first-order chi connectivity index (χ1) is 34.4. The van der Waals surface area contributed by atoms with Crippen LogP contribution in [0.4, 0.5) is 4.79 Å². The highest BCUT2D eigenvalue weighted by Crippen LogP contribution is 2.43. The van der Waals surface area contributed by atoms with Crippen molar-refractivity contribution in [2.75, 3.05) is 6.54 Å². The van der Waals surface area contributed by atoms with E-state index in [0.29, 0.717) is 44.5 Å². The Balaban J connectivity index is 1.06. The van der Waals surface area contributed by atoms with Crippen molar-refractivity contribution in [1.82, 2.24) is 30.4 Å². The maximum atomic E-state index is 14.2. The Morgan fingerprint density at radius 2 is 1.10 bits per heavy atom. The second-order valence-corrected chi connectivity index (χ2v) is 17.2. The van der Waals surface area contributed by atoms with Crippen molar-refractivity contribution in [3.05, 3.63) is 234 Å². The third-order valence-electron chi connectivity index (χ3n) is 12.5. The number of ether oxygens (including phenoxy) is 2. The summed E-state index contributed by atoms with van der Waals surface area (Å²) in [5, 5.41) is 16.7. The van der Waals surface area contributed by atoms with Gasteiger partial charge in [-0.15, -0.1) is 5.10 Å². The Labute approximate surface area is 410 Å². The average molecular weight is 931 g/mol. The van der Waals surface area contributed by atoms with Crippen LogP contribution in [0.15, 0.2) is 200 Å². The van der Waals surface area contributed by atoms with E-state index in [9.17, 15) is 14.4 Å². The van der Waals surface area contributed by atoms with Gasteiger partial charge in [-0.3, -0.25) is 4.79 Å². The number of carbonyl (C=O) groups is 3. The summed E-state index contributed by atoms with van der Waals surface area (Å²) < 4.78 is 13.3. The minimum atomic E-state index is -0.934. The predicted octanol–water partition coefficient (Wildman–Crippen LogP) is 11.6. The number of hydrogen-bond acceptors (Lipinski definition) is 8. The summed E-state index contributed by atoms with van der Waals surface area (Å²) in [6, 6.07) is 65.3. The van der Waals surface area contributed by atoms with Gasteiger partial charge in [-0.05, 0) is 80.6 Å². The number of nitrogens with one attached hydrogen (secondary N) is 1. The molecule has 0 saturated heterocycles. The van der Waals surface area contributed by atoms with Crippen molar-refractivity contribution in [3.63, 3.8) is 0 Å². The number of tetrazole rings is 1. The van der Waals surface area contributed by atoms with Gasteiger partial charge in [0.25, 0.3) is 0 Å². The van der Waals surface area contributed by atoms with Crippen LogP contribution in [0.25, 0.3) is 22.5 Å². The highest BCUT2D eigenvalue weighted by Gasteiger charge is 2.42. The second kappa shape index (κ2) is 24.2. The predicted molar refractivity (Wildman–Crippen MR) is 272 cm³/mol. The molecule has 11 nitrogen and oxygen atoms in total. The molecule has 354 valence electrons. The van der Waals surface area contributed by atoms with Gasteiger partial charge in [0.15, 0.2) is 5.82 Å². The van der Waals surface area contributed by atoms with E-state index in [1.54, 1.807) is 4.90 Å². The molecule has 0 aliphatic heterocycles. The molecule has 0 aliphatic carbocycles. The average Bonchev–Trinajstić information content (AvgIpc) is 3.91. The summed E-state index contributed by atoms with van der Waals surface area (Å²) in [6.45, 7) is 2.85. The fraction of sp³-hybridized carbons (Fsp3) is 0.220. The zero-order chi connectivity index (χ0) is 48.4. The number of carbonyl (C=O) groups excluding carboxylic acids is 3. The van der Waals surface area contributed by atoms with Crippen molar-refractivity contribution >= 4 is 18.0 Å². The van der Waals surface area contributed by atoms with E-state index in [1.807, 2.05) is 169 Å². The van der Waals surface area contributed by atoms with Crippen molar-refractivity contribution in [2.24, 2.45) is 0 Å². The van der Waals surface area contributed by atoms with E-state index in [0.717, 1.165) is 56.5 Å². The van der Waals surface area contributed by atoms with Gasteiger partial charge in [-0.1, -0.05) is 214 Å². The lowest BCUT2D eigenvalue weighted by molar-refractivity contribution is -0.157. The fourth-order valence-corrected chi connectivity index (χ4v) is 8.90. The number of hydrogen-bond donors (Lipinski definition) is 1. The van der Waals surface area contributed by atoms with Crippen LogP contribution in [0.2, 0.25) is 0 Å². The molecule has 8 rings (SSSR count). The first-order valence-electron chi connectivity index (χ1n) is 24.0. The molecular formula is C59H58N6O5. The number of benzene rings is 7. The Morgan fingerprint density at radius 3 is 1.66 bits per heavy atom. The van der Waals surface area contributed by atoms with Crippen LogP contribution >= 0.6 is 0 Å². The van der Waals surface area contributed by atoms with Crippen LogP contribution in [0.5, 0.6) is 0 Å². The second-order valence-electron chi connectivity index (χ2n) is 17.2. The topological polar surface area (TPSA) is 129 Å². The number of nitrogens with zero attached hydrogens (tertiary/aromatic N) is 5. The molecule has 1 atom stereocenters. The van der Waals surface area contributed by atoms with Crippen molar-refractivity contribution < 1.29 is 23.9 Å². The van der Waals surface area contributed by atoms with Crippen LogP contribution in [0, 0.1) is 0 Å². The van der Waals surface area contributed by atoms with Crippen LogP contribution in [-0.2, 0) is 44.4 Å². The minimum Gasteiger partial charge on any atom is -0.459 e. The monoisotopic (exact) mass is 930 g/mol. The molecule has 0 spiro atoms. The number of alkyl carbamates (subject to hydrolysis) is 1. The van der Waals surface area contributed by atoms with Gasteiger partial charge in [0.2, 0.25) is 5.91 Å². The maximum Gasteiger partial charge on any atom is 0.407 e. The van der Waals surface area contributed by atoms with Crippen LogP contribution in [0.3, 0.4) is 0 Å². The number of esters is 1. The third kappa shape index (κ3) is 11.7. The zero-order valence-electron chi connectivity index (χ0n) is 39.5. The number of aromatic nitrogens is 4. The Hall–Kier alpha value is -8.18. The highest BCUT2D eigenvalue weighted by molar-refractivity contribution is 5.85. The summed E-state index contributed by atoms with van der Waals surface area (Å²) in [6.07, 6.45) is 2.77. The molecule has 1 unspecified atom stereocenters. The summed E-state index contributed by atoms with van der Waals surface area (Å²) in [4.78, 5) is 42.5. The summed E-state index contributed by atoms with van der Waals surface area (Å²) in [5.41, 5.74) is 7.36. The van der Waals surface area contributed by atoms with E-state index >= 15 is 0 Å². The molecule has 0 saturated carbocycles.